The fourth-order valence-corrected chi connectivity index (χ4v) is 0.691. The van der Waals surface area contributed by atoms with Crippen molar-refractivity contribution in [1.29, 1.82) is 0 Å². The second-order valence-corrected chi connectivity index (χ2v) is 1.66. The van der Waals surface area contributed by atoms with Gasteiger partial charge in [0, 0.05) is 23.9 Å². The van der Waals surface area contributed by atoms with E-state index in [1.165, 1.54) is 6.33 Å². The maximum absolute atomic E-state index is 3.91. The van der Waals surface area contributed by atoms with Gasteiger partial charge < -0.3 is 4.98 Å². The predicted octanol–water partition coefficient (Wildman–Crippen LogP) is -0.0279. The predicted molar refractivity (Wildman–Crippen MR) is 37.4 cm³/mol. The van der Waals surface area contributed by atoms with Gasteiger partial charge in [0.1, 0.15) is 11.8 Å². The van der Waals surface area contributed by atoms with Crippen LogP contribution < -0.4 is 0 Å². The van der Waals surface area contributed by atoms with Crippen LogP contribution >= 0.6 is 0 Å². The summed E-state index contributed by atoms with van der Waals surface area (Å²) in [6.45, 7) is 0. The molecule has 2 aromatic heterocycles. The Kier molecular flexibility index (Phi) is 2.20. The zero-order valence-electron chi connectivity index (χ0n) is 5.07. The van der Waals surface area contributed by atoms with Crippen molar-refractivity contribution in [2.75, 3.05) is 0 Å². The van der Waals surface area contributed by atoms with Crippen molar-refractivity contribution in [1.82, 2.24) is 19.9 Å². The SMILES string of the molecule is [Sn].c1ncc2[nH]cnc2n1. The summed E-state index contributed by atoms with van der Waals surface area (Å²) in [6.07, 6.45) is 4.76. The van der Waals surface area contributed by atoms with Gasteiger partial charge in [-0.15, -0.1) is 0 Å². The molecular formula is C5H4N4Sn. The summed E-state index contributed by atoms with van der Waals surface area (Å²) in [4.78, 5) is 14.5. The maximum atomic E-state index is 3.91. The van der Waals surface area contributed by atoms with Crippen LogP contribution in [0.25, 0.3) is 11.2 Å². The second-order valence-electron chi connectivity index (χ2n) is 1.66. The number of rotatable bonds is 0. The number of aromatic amines is 1. The summed E-state index contributed by atoms with van der Waals surface area (Å²) in [5, 5.41) is 0. The number of H-pyrrole nitrogens is 1. The molecule has 0 aliphatic heterocycles. The van der Waals surface area contributed by atoms with Crippen molar-refractivity contribution in [2.24, 2.45) is 0 Å². The first kappa shape index (κ1) is 7.46. The van der Waals surface area contributed by atoms with Crippen LogP contribution in [0.4, 0.5) is 0 Å². The molecule has 0 amide bonds. The Morgan fingerprint density at radius 3 is 3.00 bits per heavy atom. The standard InChI is InChI=1S/C5H4N4.Sn/c1-4-5(8-2-6-1)9-3-7-4;/h1-3H,(H,6,7,8,9);. The van der Waals surface area contributed by atoms with E-state index in [4.69, 9.17) is 0 Å². The zero-order chi connectivity index (χ0) is 6.10. The molecule has 1 N–H and O–H groups in total. The molecule has 0 fully saturated rings. The summed E-state index contributed by atoms with van der Waals surface area (Å²) in [5.74, 6) is 0. The quantitative estimate of drug-likeness (QED) is 0.656. The van der Waals surface area contributed by atoms with Gasteiger partial charge in [0.2, 0.25) is 0 Å². The van der Waals surface area contributed by atoms with Crippen LogP contribution in [0.2, 0.25) is 0 Å². The first-order valence-electron chi connectivity index (χ1n) is 2.56. The summed E-state index contributed by atoms with van der Waals surface area (Å²) in [7, 11) is 0. The van der Waals surface area contributed by atoms with Crippen molar-refractivity contribution in [3.8, 4) is 0 Å². The van der Waals surface area contributed by atoms with Crippen LogP contribution in [-0.4, -0.2) is 43.8 Å². The molecule has 0 aromatic carbocycles. The van der Waals surface area contributed by atoms with Gasteiger partial charge >= 0.3 is 0 Å². The van der Waals surface area contributed by atoms with E-state index < -0.39 is 0 Å². The average Bonchev–Trinajstić information content (AvgIpc) is 2.33. The molecule has 4 radical (unpaired) electrons. The molecule has 5 heteroatoms. The van der Waals surface area contributed by atoms with Gasteiger partial charge in [0.15, 0.2) is 5.65 Å². The summed E-state index contributed by atoms with van der Waals surface area (Å²) in [5.41, 5.74) is 1.59. The smallest absolute Gasteiger partial charge is 0.180 e. The number of hydrogen-bond donors (Lipinski definition) is 1. The first-order chi connectivity index (χ1) is 4.47. The molecule has 0 aliphatic rings. The van der Waals surface area contributed by atoms with Crippen LogP contribution in [0.3, 0.4) is 0 Å². The van der Waals surface area contributed by atoms with Crippen molar-refractivity contribution >= 4 is 35.1 Å². The molecule has 10 heavy (non-hydrogen) atoms. The molecule has 0 saturated carbocycles. The van der Waals surface area contributed by atoms with Gasteiger partial charge in [0.05, 0.1) is 12.5 Å². The summed E-state index contributed by atoms with van der Waals surface area (Å²) < 4.78 is 0. The largest absolute Gasteiger partial charge is 0.342 e. The Labute approximate surface area is 74.1 Å². The number of imidazole rings is 1. The summed E-state index contributed by atoms with van der Waals surface area (Å²) in [6, 6.07) is 0. The van der Waals surface area contributed by atoms with Gasteiger partial charge in [-0.3, -0.25) is 0 Å². The van der Waals surface area contributed by atoms with Crippen molar-refractivity contribution in [3.63, 3.8) is 0 Å². The molecule has 2 rings (SSSR count). The zero-order valence-corrected chi connectivity index (χ0v) is 7.93. The molecule has 0 atom stereocenters. The van der Waals surface area contributed by atoms with Crippen molar-refractivity contribution in [3.05, 3.63) is 18.9 Å². The Hall–Kier alpha value is -0.651. The van der Waals surface area contributed by atoms with E-state index in [0.717, 1.165) is 5.52 Å². The summed E-state index contributed by atoms with van der Waals surface area (Å²) >= 11 is 0. The van der Waals surface area contributed by atoms with Gasteiger partial charge in [-0.2, -0.15) is 0 Å². The molecule has 0 unspecified atom stereocenters. The molecular weight excluding hydrogens is 235 g/mol. The Morgan fingerprint density at radius 1 is 1.30 bits per heavy atom. The maximum Gasteiger partial charge on any atom is 0.180 e. The molecule has 2 heterocycles. The number of fused-ring (bicyclic) bond motifs is 1. The van der Waals surface area contributed by atoms with Crippen LogP contribution in [0.5, 0.6) is 0 Å². The van der Waals surface area contributed by atoms with Crippen LogP contribution in [0.1, 0.15) is 0 Å². The van der Waals surface area contributed by atoms with E-state index in [9.17, 15) is 0 Å². The minimum atomic E-state index is 0. The molecule has 0 aliphatic carbocycles. The van der Waals surface area contributed by atoms with Crippen LogP contribution in [0, 0.1) is 0 Å². The molecule has 2 aromatic rings. The molecule has 48 valence electrons. The molecule has 4 nitrogen and oxygen atoms in total. The second kappa shape index (κ2) is 2.96. The van der Waals surface area contributed by atoms with Crippen LogP contribution in [-0.2, 0) is 0 Å². The van der Waals surface area contributed by atoms with E-state index >= 15 is 0 Å². The molecule has 0 saturated heterocycles. The fourth-order valence-electron chi connectivity index (χ4n) is 0.691. The van der Waals surface area contributed by atoms with Crippen molar-refractivity contribution in [2.45, 2.75) is 0 Å². The van der Waals surface area contributed by atoms with Crippen LogP contribution in [0.15, 0.2) is 18.9 Å². The number of nitrogens with zero attached hydrogens (tertiary/aromatic N) is 3. The van der Waals surface area contributed by atoms with Gasteiger partial charge in [-0.25, -0.2) is 15.0 Å². The Morgan fingerprint density at radius 2 is 2.20 bits per heavy atom. The molecule has 0 bridgehead atoms. The van der Waals surface area contributed by atoms with E-state index in [0.29, 0.717) is 5.65 Å². The van der Waals surface area contributed by atoms with E-state index in [1.54, 1.807) is 12.5 Å². The Balaban J connectivity index is 0.000000500. The van der Waals surface area contributed by atoms with Gasteiger partial charge in [0.25, 0.3) is 0 Å². The first-order valence-corrected chi connectivity index (χ1v) is 2.56. The third-order valence-electron chi connectivity index (χ3n) is 1.10. The topological polar surface area (TPSA) is 54.5 Å². The van der Waals surface area contributed by atoms with E-state index in [-0.39, 0.29) is 23.9 Å². The number of aromatic nitrogens is 4. The minimum absolute atomic E-state index is 0. The monoisotopic (exact) mass is 240 g/mol. The molecule has 0 spiro atoms. The van der Waals surface area contributed by atoms with Gasteiger partial charge in [-0.1, -0.05) is 0 Å². The number of hydrogen-bond acceptors (Lipinski definition) is 3. The number of nitrogens with one attached hydrogen (secondary N) is 1. The third-order valence-corrected chi connectivity index (χ3v) is 1.10. The third kappa shape index (κ3) is 1.11. The van der Waals surface area contributed by atoms with Crippen molar-refractivity contribution < 1.29 is 0 Å². The normalized spacial score (nSPS) is 9.20. The van der Waals surface area contributed by atoms with Gasteiger partial charge in [-0.05, 0) is 0 Å². The Bertz CT molecular complexity index is 288. The fraction of sp³-hybridized carbons (Fsp3) is 0. The van der Waals surface area contributed by atoms with E-state index in [2.05, 4.69) is 19.9 Å². The van der Waals surface area contributed by atoms with E-state index in [1.807, 2.05) is 0 Å². The average molecular weight is 239 g/mol. The minimum Gasteiger partial charge on any atom is -0.342 e.